The Balaban J connectivity index is 2.30. The first-order valence-corrected chi connectivity index (χ1v) is 8.51. The smallest absolute Gasteiger partial charge is 0.0640 e. The lowest BCUT2D eigenvalue weighted by atomic mass is 9.99. The van der Waals surface area contributed by atoms with Gasteiger partial charge in [-0.15, -0.1) is 0 Å². The highest BCUT2D eigenvalue weighted by Crippen LogP contribution is 2.34. The highest BCUT2D eigenvalue weighted by Gasteiger charge is 2.30. The van der Waals surface area contributed by atoms with Crippen LogP contribution in [0.4, 0.5) is 0 Å². The van der Waals surface area contributed by atoms with Crippen LogP contribution in [-0.4, -0.2) is 42.6 Å². The highest BCUT2D eigenvalue weighted by atomic mass is 35.5. The highest BCUT2D eigenvalue weighted by molar-refractivity contribution is 7.99. The Morgan fingerprint density at radius 2 is 2.26 bits per heavy atom. The maximum atomic E-state index is 6.39. The van der Waals surface area contributed by atoms with Crippen LogP contribution in [0.1, 0.15) is 18.5 Å². The Morgan fingerprint density at radius 1 is 1.47 bits per heavy atom. The van der Waals surface area contributed by atoms with Gasteiger partial charge in [-0.1, -0.05) is 42.3 Å². The van der Waals surface area contributed by atoms with Crippen LogP contribution in [-0.2, 0) is 0 Å². The number of nitrogens with zero attached hydrogens (tertiary/aromatic N) is 1. The van der Waals surface area contributed by atoms with Gasteiger partial charge in [-0.25, -0.2) is 0 Å². The summed E-state index contributed by atoms with van der Waals surface area (Å²) in [4.78, 5) is 2.42. The molecule has 1 saturated heterocycles. The maximum Gasteiger partial charge on any atom is 0.0640 e. The summed E-state index contributed by atoms with van der Waals surface area (Å²) in [7, 11) is 2.19. The zero-order chi connectivity index (χ0) is 13.8. The fourth-order valence-electron chi connectivity index (χ4n) is 2.49. The fourth-order valence-corrected chi connectivity index (χ4v) is 4.19. The van der Waals surface area contributed by atoms with Crippen molar-refractivity contribution >= 4 is 35.0 Å². The SMILES string of the molecule is CCNC(c1cccc(Cl)c1Cl)C1CSCCN1C. The number of benzene rings is 1. The minimum absolute atomic E-state index is 0.231. The van der Waals surface area contributed by atoms with Crippen molar-refractivity contribution in [3.05, 3.63) is 33.8 Å². The van der Waals surface area contributed by atoms with Crippen LogP contribution in [0, 0.1) is 0 Å². The quantitative estimate of drug-likeness (QED) is 0.911. The van der Waals surface area contributed by atoms with E-state index in [0.717, 1.165) is 24.4 Å². The van der Waals surface area contributed by atoms with Gasteiger partial charge in [-0.05, 0) is 25.2 Å². The minimum atomic E-state index is 0.231. The second-order valence-electron chi connectivity index (χ2n) is 4.80. The van der Waals surface area contributed by atoms with Crippen LogP contribution in [0.2, 0.25) is 10.0 Å². The van der Waals surface area contributed by atoms with Crippen LogP contribution in [0.5, 0.6) is 0 Å². The van der Waals surface area contributed by atoms with E-state index < -0.39 is 0 Å². The molecule has 1 aromatic rings. The Labute approximate surface area is 129 Å². The second kappa shape index (κ2) is 7.19. The lowest BCUT2D eigenvalue weighted by Gasteiger charge is -2.38. The van der Waals surface area contributed by atoms with Crippen LogP contribution in [0.15, 0.2) is 18.2 Å². The fraction of sp³-hybridized carbons (Fsp3) is 0.571. The third-order valence-electron chi connectivity index (χ3n) is 3.57. The van der Waals surface area contributed by atoms with Gasteiger partial charge in [0.15, 0.2) is 0 Å². The molecule has 2 unspecified atom stereocenters. The van der Waals surface area contributed by atoms with Crippen LogP contribution in [0.3, 0.4) is 0 Å². The summed E-state index contributed by atoms with van der Waals surface area (Å²) in [6, 6.07) is 6.58. The zero-order valence-electron chi connectivity index (χ0n) is 11.3. The molecule has 0 aliphatic carbocycles. The molecule has 1 N–H and O–H groups in total. The number of likely N-dealkylation sites (N-methyl/N-ethyl adjacent to an activating group) is 2. The molecule has 1 heterocycles. The van der Waals surface area contributed by atoms with Crippen LogP contribution < -0.4 is 5.32 Å². The summed E-state index contributed by atoms with van der Waals surface area (Å²) >= 11 is 14.6. The molecule has 1 fully saturated rings. The molecule has 5 heteroatoms. The van der Waals surface area contributed by atoms with Crippen LogP contribution in [0.25, 0.3) is 0 Å². The predicted molar refractivity (Wildman–Crippen MR) is 86.6 cm³/mol. The average Bonchev–Trinajstić information content (AvgIpc) is 2.41. The zero-order valence-corrected chi connectivity index (χ0v) is 13.7. The largest absolute Gasteiger partial charge is 0.309 e. The van der Waals surface area contributed by atoms with Crippen molar-refractivity contribution in [1.82, 2.24) is 10.2 Å². The van der Waals surface area contributed by atoms with Crippen molar-refractivity contribution in [3.63, 3.8) is 0 Å². The first kappa shape index (κ1) is 15.5. The van der Waals surface area contributed by atoms with Crippen molar-refractivity contribution in [2.24, 2.45) is 0 Å². The Morgan fingerprint density at radius 3 is 2.95 bits per heavy atom. The van der Waals surface area contributed by atoms with Gasteiger partial charge in [0.1, 0.15) is 0 Å². The number of thioether (sulfide) groups is 1. The monoisotopic (exact) mass is 318 g/mol. The van der Waals surface area contributed by atoms with E-state index in [0.29, 0.717) is 16.1 Å². The van der Waals surface area contributed by atoms with E-state index in [1.807, 2.05) is 23.9 Å². The normalized spacial score (nSPS) is 22.4. The molecule has 106 valence electrons. The summed E-state index contributed by atoms with van der Waals surface area (Å²) in [5, 5.41) is 4.88. The first-order valence-electron chi connectivity index (χ1n) is 6.60. The van der Waals surface area contributed by atoms with Gasteiger partial charge in [0, 0.05) is 24.1 Å². The summed E-state index contributed by atoms with van der Waals surface area (Å²) in [5.41, 5.74) is 1.11. The van der Waals surface area contributed by atoms with E-state index in [4.69, 9.17) is 23.2 Å². The van der Waals surface area contributed by atoms with E-state index in [1.165, 1.54) is 5.75 Å². The molecular weight excluding hydrogens is 299 g/mol. The third-order valence-corrected chi connectivity index (χ3v) is 5.45. The standard InChI is InChI=1S/C14H20Cl2N2S/c1-3-17-14(12-9-19-8-7-18(12)2)10-5-4-6-11(15)13(10)16/h4-6,12,14,17H,3,7-9H2,1-2H3. The minimum Gasteiger partial charge on any atom is -0.309 e. The topological polar surface area (TPSA) is 15.3 Å². The Hall–Kier alpha value is 0.0700. The van der Waals surface area contributed by atoms with E-state index in [1.54, 1.807) is 0 Å². The van der Waals surface area contributed by atoms with Gasteiger partial charge in [-0.2, -0.15) is 11.8 Å². The number of rotatable bonds is 4. The van der Waals surface area contributed by atoms with Crippen molar-refractivity contribution in [3.8, 4) is 0 Å². The van der Waals surface area contributed by atoms with Crippen molar-refractivity contribution < 1.29 is 0 Å². The number of hydrogen-bond acceptors (Lipinski definition) is 3. The van der Waals surface area contributed by atoms with Gasteiger partial charge in [0.2, 0.25) is 0 Å². The summed E-state index contributed by atoms with van der Waals surface area (Å²) < 4.78 is 0. The lowest BCUT2D eigenvalue weighted by molar-refractivity contribution is 0.217. The molecule has 2 nitrogen and oxygen atoms in total. The molecule has 2 atom stereocenters. The molecule has 1 aliphatic heterocycles. The first-order chi connectivity index (χ1) is 9.15. The van der Waals surface area contributed by atoms with Gasteiger partial charge in [-0.3, -0.25) is 4.90 Å². The Kier molecular flexibility index (Phi) is 5.85. The molecule has 0 aromatic heterocycles. The average molecular weight is 319 g/mol. The molecule has 2 rings (SSSR count). The number of nitrogens with one attached hydrogen (secondary N) is 1. The molecule has 0 spiro atoms. The van der Waals surface area contributed by atoms with E-state index in [2.05, 4.69) is 30.3 Å². The predicted octanol–water partition coefficient (Wildman–Crippen LogP) is 3.69. The second-order valence-corrected chi connectivity index (χ2v) is 6.74. The number of hydrogen-bond donors (Lipinski definition) is 1. The molecule has 19 heavy (non-hydrogen) atoms. The summed E-state index contributed by atoms with van der Waals surface area (Å²) in [5.74, 6) is 2.33. The van der Waals surface area contributed by atoms with Gasteiger partial charge < -0.3 is 5.32 Å². The molecular formula is C14H20Cl2N2S. The third kappa shape index (κ3) is 3.59. The van der Waals surface area contributed by atoms with Crippen molar-refractivity contribution in [2.45, 2.75) is 19.0 Å². The van der Waals surface area contributed by atoms with Gasteiger partial charge in [0.25, 0.3) is 0 Å². The molecule has 1 aromatic carbocycles. The van der Waals surface area contributed by atoms with Gasteiger partial charge in [0.05, 0.1) is 16.1 Å². The van der Waals surface area contributed by atoms with E-state index in [9.17, 15) is 0 Å². The summed E-state index contributed by atoms with van der Waals surface area (Å²) in [6.45, 7) is 4.17. The molecule has 1 aliphatic rings. The molecule has 0 radical (unpaired) electrons. The summed E-state index contributed by atoms with van der Waals surface area (Å²) in [6.07, 6.45) is 0. The van der Waals surface area contributed by atoms with Crippen molar-refractivity contribution in [1.29, 1.82) is 0 Å². The lowest BCUT2D eigenvalue weighted by Crippen LogP contribution is -2.47. The maximum absolute atomic E-state index is 6.39. The van der Waals surface area contributed by atoms with Gasteiger partial charge >= 0.3 is 0 Å². The Bertz CT molecular complexity index is 428. The van der Waals surface area contributed by atoms with Crippen LogP contribution >= 0.6 is 35.0 Å². The van der Waals surface area contributed by atoms with E-state index >= 15 is 0 Å². The molecule has 0 saturated carbocycles. The molecule has 0 bridgehead atoms. The van der Waals surface area contributed by atoms with E-state index in [-0.39, 0.29) is 6.04 Å². The number of halogens is 2. The van der Waals surface area contributed by atoms with Crippen molar-refractivity contribution in [2.75, 3.05) is 31.6 Å². The molecule has 0 amide bonds.